The molecule has 4 nitrogen and oxygen atoms in total. The number of hydrogen-bond acceptors (Lipinski definition) is 3. The number of nitrogens with zero attached hydrogens (tertiary/aromatic N) is 3. The standard InChI is InChI=1S/C11H14N4/c1-8(2)15-11(7-13-14-15)9-3-5-10(12)6-4-9/h3-8H,12H2,1-2H3. The maximum Gasteiger partial charge on any atom is 0.0888 e. The maximum absolute atomic E-state index is 5.64. The molecule has 1 aromatic carbocycles. The molecule has 0 aliphatic rings. The van der Waals surface area contributed by atoms with Gasteiger partial charge in [-0.2, -0.15) is 0 Å². The molecule has 0 unspecified atom stereocenters. The summed E-state index contributed by atoms with van der Waals surface area (Å²) in [6, 6.07) is 8.03. The zero-order chi connectivity index (χ0) is 10.8. The molecule has 0 spiro atoms. The van der Waals surface area contributed by atoms with Crippen LogP contribution in [0.25, 0.3) is 11.3 Å². The number of anilines is 1. The van der Waals surface area contributed by atoms with Crippen molar-refractivity contribution in [3.63, 3.8) is 0 Å². The van der Waals surface area contributed by atoms with Crippen molar-refractivity contribution in [1.82, 2.24) is 15.0 Å². The molecule has 4 heteroatoms. The third-order valence-electron chi connectivity index (χ3n) is 2.27. The Balaban J connectivity index is 2.45. The van der Waals surface area contributed by atoms with Crippen LogP contribution in [0.15, 0.2) is 30.5 Å². The van der Waals surface area contributed by atoms with Crippen molar-refractivity contribution in [3.05, 3.63) is 30.5 Å². The Hall–Kier alpha value is -1.84. The van der Waals surface area contributed by atoms with Gasteiger partial charge < -0.3 is 5.73 Å². The molecule has 0 aliphatic carbocycles. The molecular weight excluding hydrogens is 188 g/mol. The monoisotopic (exact) mass is 202 g/mol. The largest absolute Gasteiger partial charge is 0.399 e. The van der Waals surface area contributed by atoms with Crippen molar-refractivity contribution in [2.75, 3.05) is 5.73 Å². The fourth-order valence-electron chi connectivity index (χ4n) is 1.49. The molecule has 0 fully saturated rings. The van der Waals surface area contributed by atoms with Crippen molar-refractivity contribution in [1.29, 1.82) is 0 Å². The highest BCUT2D eigenvalue weighted by Crippen LogP contribution is 2.21. The van der Waals surface area contributed by atoms with E-state index >= 15 is 0 Å². The fourth-order valence-corrected chi connectivity index (χ4v) is 1.49. The van der Waals surface area contributed by atoms with E-state index in [0.29, 0.717) is 6.04 Å². The minimum absolute atomic E-state index is 0.306. The Kier molecular flexibility index (Phi) is 2.41. The second-order valence-electron chi connectivity index (χ2n) is 3.78. The lowest BCUT2D eigenvalue weighted by Gasteiger charge is -2.09. The molecule has 0 bridgehead atoms. The van der Waals surface area contributed by atoms with E-state index in [2.05, 4.69) is 24.2 Å². The van der Waals surface area contributed by atoms with Gasteiger partial charge in [0.05, 0.1) is 11.9 Å². The van der Waals surface area contributed by atoms with Crippen LogP contribution in [-0.2, 0) is 0 Å². The summed E-state index contributed by atoms with van der Waals surface area (Å²) in [6.45, 7) is 4.16. The second-order valence-corrected chi connectivity index (χ2v) is 3.78. The Morgan fingerprint density at radius 2 is 1.87 bits per heavy atom. The summed E-state index contributed by atoms with van der Waals surface area (Å²) in [5.74, 6) is 0. The molecule has 15 heavy (non-hydrogen) atoms. The molecule has 1 heterocycles. The highest BCUT2D eigenvalue weighted by molar-refractivity contribution is 5.61. The second kappa shape index (κ2) is 3.73. The van der Waals surface area contributed by atoms with E-state index in [1.165, 1.54) is 0 Å². The van der Waals surface area contributed by atoms with Gasteiger partial charge in [0.2, 0.25) is 0 Å². The first-order valence-corrected chi connectivity index (χ1v) is 4.94. The van der Waals surface area contributed by atoms with Gasteiger partial charge in [0.1, 0.15) is 0 Å². The number of nitrogens with two attached hydrogens (primary N) is 1. The van der Waals surface area contributed by atoms with E-state index in [1.54, 1.807) is 6.20 Å². The Bertz CT molecular complexity index is 442. The van der Waals surface area contributed by atoms with Crippen molar-refractivity contribution >= 4 is 5.69 Å². The van der Waals surface area contributed by atoms with Crippen LogP contribution < -0.4 is 5.73 Å². The third-order valence-corrected chi connectivity index (χ3v) is 2.27. The summed E-state index contributed by atoms with van der Waals surface area (Å²) in [6.07, 6.45) is 1.77. The average molecular weight is 202 g/mol. The summed E-state index contributed by atoms with van der Waals surface area (Å²) in [5, 5.41) is 7.97. The summed E-state index contributed by atoms with van der Waals surface area (Å²) in [5.41, 5.74) is 8.51. The molecule has 78 valence electrons. The number of rotatable bonds is 2. The van der Waals surface area contributed by atoms with E-state index in [1.807, 2.05) is 28.9 Å². The van der Waals surface area contributed by atoms with Crippen molar-refractivity contribution < 1.29 is 0 Å². The van der Waals surface area contributed by atoms with Crippen LogP contribution in [0.1, 0.15) is 19.9 Å². The highest BCUT2D eigenvalue weighted by atomic mass is 15.4. The first-order valence-electron chi connectivity index (χ1n) is 4.94. The van der Waals surface area contributed by atoms with Crippen LogP contribution in [0.3, 0.4) is 0 Å². The van der Waals surface area contributed by atoms with Crippen LogP contribution in [0.4, 0.5) is 5.69 Å². The van der Waals surface area contributed by atoms with Crippen molar-refractivity contribution in [2.24, 2.45) is 0 Å². The van der Waals surface area contributed by atoms with Gasteiger partial charge >= 0.3 is 0 Å². The molecule has 0 saturated carbocycles. The number of nitrogen functional groups attached to an aromatic ring is 1. The zero-order valence-corrected chi connectivity index (χ0v) is 8.88. The van der Waals surface area contributed by atoms with Gasteiger partial charge in [0.25, 0.3) is 0 Å². The third kappa shape index (κ3) is 1.83. The lowest BCUT2D eigenvalue weighted by Crippen LogP contribution is -2.04. The van der Waals surface area contributed by atoms with Crippen molar-refractivity contribution in [2.45, 2.75) is 19.9 Å². The summed E-state index contributed by atoms with van der Waals surface area (Å²) >= 11 is 0. The van der Waals surface area contributed by atoms with Gasteiger partial charge in [-0.15, -0.1) is 5.10 Å². The molecule has 0 atom stereocenters. The number of benzene rings is 1. The first kappa shape index (κ1) is 9.71. The molecule has 1 aromatic heterocycles. The molecule has 2 N–H and O–H groups in total. The quantitative estimate of drug-likeness (QED) is 0.759. The van der Waals surface area contributed by atoms with Crippen LogP contribution >= 0.6 is 0 Å². The number of hydrogen-bond donors (Lipinski definition) is 1. The van der Waals surface area contributed by atoms with Crippen molar-refractivity contribution in [3.8, 4) is 11.3 Å². The van der Waals surface area contributed by atoms with Crippen LogP contribution in [-0.4, -0.2) is 15.0 Å². The van der Waals surface area contributed by atoms with Gasteiger partial charge in [-0.1, -0.05) is 17.3 Å². The molecule has 2 aromatic rings. The Labute approximate surface area is 88.7 Å². The van der Waals surface area contributed by atoms with E-state index in [9.17, 15) is 0 Å². The zero-order valence-electron chi connectivity index (χ0n) is 8.88. The minimum Gasteiger partial charge on any atom is -0.399 e. The van der Waals surface area contributed by atoms with Gasteiger partial charge in [0, 0.05) is 17.3 Å². The van der Waals surface area contributed by atoms with Gasteiger partial charge in [-0.25, -0.2) is 4.68 Å². The summed E-state index contributed by atoms with van der Waals surface area (Å²) in [4.78, 5) is 0. The highest BCUT2D eigenvalue weighted by Gasteiger charge is 2.08. The molecule has 2 rings (SSSR count). The first-order chi connectivity index (χ1) is 7.18. The van der Waals surface area contributed by atoms with Crippen LogP contribution in [0.2, 0.25) is 0 Å². The molecule has 0 amide bonds. The van der Waals surface area contributed by atoms with E-state index in [-0.39, 0.29) is 0 Å². The Morgan fingerprint density at radius 3 is 2.47 bits per heavy atom. The normalized spacial score (nSPS) is 10.9. The SMILES string of the molecule is CC(C)n1nncc1-c1ccc(N)cc1. The molecule has 0 aliphatic heterocycles. The van der Waals surface area contributed by atoms with E-state index in [0.717, 1.165) is 16.9 Å². The summed E-state index contributed by atoms with van der Waals surface area (Å²) < 4.78 is 1.89. The van der Waals surface area contributed by atoms with E-state index < -0.39 is 0 Å². The van der Waals surface area contributed by atoms with Crippen LogP contribution in [0, 0.1) is 0 Å². The lowest BCUT2D eigenvalue weighted by molar-refractivity contribution is 0.519. The summed E-state index contributed by atoms with van der Waals surface area (Å²) in [7, 11) is 0. The number of aromatic nitrogens is 3. The van der Waals surface area contributed by atoms with Gasteiger partial charge in [-0.05, 0) is 26.0 Å². The van der Waals surface area contributed by atoms with Gasteiger partial charge in [-0.3, -0.25) is 0 Å². The topological polar surface area (TPSA) is 56.7 Å². The molecule has 0 radical (unpaired) electrons. The predicted octanol–water partition coefficient (Wildman–Crippen LogP) is 2.11. The molecule has 0 saturated heterocycles. The van der Waals surface area contributed by atoms with Crippen LogP contribution in [0.5, 0.6) is 0 Å². The van der Waals surface area contributed by atoms with Gasteiger partial charge in [0.15, 0.2) is 0 Å². The average Bonchev–Trinajstić information content (AvgIpc) is 2.67. The predicted molar refractivity (Wildman–Crippen MR) is 60.3 cm³/mol. The van der Waals surface area contributed by atoms with E-state index in [4.69, 9.17) is 5.73 Å². The maximum atomic E-state index is 5.64. The Morgan fingerprint density at radius 1 is 1.20 bits per heavy atom. The molecular formula is C11H14N4. The smallest absolute Gasteiger partial charge is 0.0888 e. The fraction of sp³-hybridized carbons (Fsp3) is 0.273. The lowest BCUT2D eigenvalue weighted by atomic mass is 10.1. The minimum atomic E-state index is 0.306.